The van der Waals surface area contributed by atoms with Crippen molar-refractivity contribution in [1.82, 2.24) is 9.78 Å². The van der Waals surface area contributed by atoms with Gasteiger partial charge in [0.05, 0.1) is 6.10 Å². The van der Waals surface area contributed by atoms with Crippen LogP contribution in [0.3, 0.4) is 0 Å². The molecule has 13 heavy (non-hydrogen) atoms. The van der Waals surface area contributed by atoms with E-state index in [-0.39, 0.29) is 6.10 Å². The number of nitrogens with zero attached hydrogens (tertiary/aromatic N) is 2. The van der Waals surface area contributed by atoms with E-state index < -0.39 is 0 Å². The van der Waals surface area contributed by atoms with Crippen LogP contribution in [-0.2, 0) is 7.05 Å². The van der Waals surface area contributed by atoms with E-state index in [2.05, 4.69) is 11.2 Å². The second kappa shape index (κ2) is 3.50. The molecule has 72 valence electrons. The molecule has 1 aliphatic carbocycles. The Morgan fingerprint density at radius 2 is 2.38 bits per heavy atom. The Labute approximate surface area is 78.4 Å². The zero-order valence-electron chi connectivity index (χ0n) is 7.98. The van der Waals surface area contributed by atoms with Gasteiger partial charge in [0.15, 0.2) is 0 Å². The van der Waals surface area contributed by atoms with Gasteiger partial charge >= 0.3 is 0 Å². The van der Waals surface area contributed by atoms with Gasteiger partial charge in [-0.25, -0.2) is 0 Å². The molecule has 0 aliphatic heterocycles. The average Bonchev–Trinajstić information content (AvgIpc) is 2.51. The van der Waals surface area contributed by atoms with Gasteiger partial charge < -0.3 is 5.11 Å². The summed E-state index contributed by atoms with van der Waals surface area (Å²) >= 11 is 0. The molecule has 0 spiro atoms. The first-order valence-electron chi connectivity index (χ1n) is 4.93. The Bertz CT molecular complexity index is 282. The summed E-state index contributed by atoms with van der Waals surface area (Å²) in [5.41, 5.74) is 1.26. The third kappa shape index (κ3) is 1.75. The highest BCUT2D eigenvalue weighted by atomic mass is 16.3. The van der Waals surface area contributed by atoms with Crippen molar-refractivity contribution >= 4 is 0 Å². The van der Waals surface area contributed by atoms with Gasteiger partial charge in [-0.1, -0.05) is 6.42 Å². The summed E-state index contributed by atoms with van der Waals surface area (Å²) in [6.07, 6.45) is 5.92. The molecule has 0 aromatic carbocycles. The molecule has 0 unspecified atom stereocenters. The number of hydrogen-bond acceptors (Lipinski definition) is 2. The largest absolute Gasteiger partial charge is 0.393 e. The molecule has 1 fully saturated rings. The van der Waals surface area contributed by atoms with Gasteiger partial charge in [0.25, 0.3) is 0 Å². The third-order valence-corrected chi connectivity index (χ3v) is 2.92. The molecule has 1 aromatic rings. The van der Waals surface area contributed by atoms with E-state index in [1.54, 1.807) is 0 Å². The van der Waals surface area contributed by atoms with Crippen molar-refractivity contribution in [3.63, 3.8) is 0 Å². The molecular weight excluding hydrogens is 164 g/mol. The Balaban J connectivity index is 2.12. The van der Waals surface area contributed by atoms with Crippen LogP contribution in [-0.4, -0.2) is 21.0 Å². The molecule has 1 aromatic heterocycles. The molecule has 0 saturated heterocycles. The maximum atomic E-state index is 9.54. The highest BCUT2D eigenvalue weighted by Crippen LogP contribution is 2.32. The van der Waals surface area contributed by atoms with Crippen LogP contribution in [0.5, 0.6) is 0 Å². The first-order chi connectivity index (χ1) is 6.27. The maximum absolute atomic E-state index is 9.54. The van der Waals surface area contributed by atoms with Crippen molar-refractivity contribution in [2.24, 2.45) is 7.05 Å². The molecule has 1 saturated carbocycles. The Morgan fingerprint density at radius 1 is 1.54 bits per heavy atom. The predicted octanol–water partition coefficient (Wildman–Crippen LogP) is 1.44. The van der Waals surface area contributed by atoms with Gasteiger partial charge in [-0.05, 0) is 25.3 Å². The summed E-state index contributed by atoms with van der Waals surface area (Å²) in [6, 6.07) is 2.06. The van der Waals surface area contributed by atoms with E-state index in [9.17, 15) is 5.11 Å². The molecule has 0 amide bonds. The summed E-state index contributed by atoms with van der Waals surface area (Å²) < 4.78 is 1.92. The minimum absolute atomic E-state index is 0.103. The van der Waals surface area contributed by atoms with E-state index in [1.807, 2.05) is 17.9 Å². The lowest BCUT2D eigenvalue weighted by Gasteiger charge is -2.25. The van der Waals surface area contributed by atoms with Gasteiger partial charge in [-0.15, -0.1) is 0 Å². The van der Waals surface area contributed by atoms with E-state index >= 15 is 0 Å². The van der Waals surface area contributed by atoms with E-state index in [4.69, 9.17) is 0 Å². The minimum Gasteiger partial charge on any atom is -0.393 e. The molecule has 1 aliphatic rings. The lowest BCUT2D eigenvalue weighted by Crippen LogP contribution is -2.19. The van der Waals surface area contributed by atoms with Gasteiger partial charge in [0.1, 0.15) is 0 Å². The zero-order valence-corrected chi connectivity index (χ0v) is 7.98. The van der Waals surface area contributed by atoms with Gasteiger partial charge in [0.2, 0.25) is 0 Å². The van der Waals surface area contributed by atoms with E-state index in [0.29, 0.717) is 5.92 Å². The van der Waals surface area contributed by atoms with Crippen LogP contribution in [0, 0.1) is 0 Å². The molecule has 0 radical (unpaired) electrons. The summed E-state index contributed by atoms with van der Waals surface area (Å²) in [4.78, 5) is 0. The minimum atomic E-state index is -0.103. The number of hydrogen-bond donors (Lipinski definition) is 1. The predicted molar refractivity (Wildman–Crippen MR) is 50.4 cm³/mol. The second-order valence-electron chi connectivity index (χ2n) is 3.90. The van der Waals surface area contributed by atoms with Crippen molar-refractivity contribution in [2.75, 3.05) is 0 Å². The lowest BCUT2D eigenvalue weighted by atomic mass is 9.85. The van der Waals surface area contributed by atoms with Crippen molar-refractivity contribution in [2.45, 2.75) is 37.7 Å². The van der Waals surface area contributed by atoms with Crippen LogP contribution in [0.15, 0.2) is 12.3 Å². The Hall–Kier alpha value is -0.830. The maximum Gasteiger partial charge on any atom is 0.0546 e. The molecule has 1 N–H and O–H groups in total. The first-order valence-corrected chi connectivity index (χ1v) is 4.93. The standard InChI is InChI=1S/C10H16N2O/c1-12-10(5-6-11-12)8-3-2-4-9(13)7-8/h5-6,8-9,13H,2-4,7H2,1H3/t8-,9+/m1/s1. The molecule has 2 rings (SSSR count). The molecule has 3 nitrogen and oxygen atoms in total. The van der Waals surface area contributed by atoms with Crippen molar-refractivity contribution < 1.29 is 5.11 Å². The number of aliphatic hydroxyl groups is 1. The van der Waals surface area contributed by atoms with E-state index in [0.717, 1.165) is 19.3 Å². The molecule has 1 heterocycles. The molecule has 0 bridgehead atoms. The molecule has 3 heteroatoms. The topological polar surface area (TPSA) is 38.0 Å². The van der Waals surface area contributed by atoms with Gasteiger partial charge in [0, 0.05) is 24.9 Å². The quantitative estimate of drug-likeness (QED) is 0.710. The third-order valence-electron chi connectivity index (χ3n) is 2.92. The second-order valence-corrected chi connectivity index (χ2v) is 3.90. The van der Waals surface area contributed by atoms with Crippen molar-refractivity contribution in [3.05, 3.63) is 18.0 Å². The summed E-state index contributed by atoms with van der Waals surface area (Å²) in [5.74, 6) is 0.510. The monoisotopic (exact) mass is 180 g/mol. The Morgan fingerprint density at radius 3 is 3.00 bits per heavy atom. The van der Waals surface area contributed by atoms with Gasteiger partial charge in [-0.2, -0.15) is 5.10 Å². The van der Waals surface area contributed by atoms with Crippen LogP contribution < -0.4 is 0 Å². The zero-order chi connectivity index (χ0) is 9.26. The highest BCUT2D eigenvalue weighted by Gasteiger charge is 2.23. The SMILES string of the molecule is Cn1nccc1[C@@H]1CCC[C@H](O)C1. The van der Waals surface area contributed by atoms with Crippen LogP contribution in [0.4, 0.5) is 0 Å². The number of aryl methyl sites for hydroxylation is 1. The van der Waals surface area contributed by atoms with Crippen LogP contribution in [0.25, 0.3) is 0 Å². The Kier molecular flexibility index (Phi) is 2.36. The molecular formula is C10H16N2O. The van der Waals surface area contributed by atoms with Crippen LogP contribution in [0.1, 0.15) is 37.3 Å². The van der Waals surface area contributed by atoms with Crippen molar-refractivity contribution in [3.8, 4) is 0 Å². The normalized spacial score (nSPS) is 29.1. The smallest absolute Gasteiger partial charge is 0.0546 e. The summed E-state index contributed by atoms with van der Waals surface area (Å²) in [5, 5.41) is 13.7. The number of rotatable bonds is 1. The fourth-order valence-corrected chi connectivity index (χ4v) is 2.22. The van der Waals surface area contributed by atoms with Crippen molar-refractivity contribution in [1.29, 1.82) is 0 Å². The summed E-state index contributed by atoms with van der Waals surface area (Å²) in [6.45, 7) is 0. The van der Waals surface area contributed by atoms with E-state index in [1.165, 1.54) is 12.1 Å². The fourth-order valence-electron chi connectivity index (χ4n) is 2.22. The van der Waals surface area contributed by atoms with Gasteiger partial charge in [-0.3, -0.25) is 4.68 Å². The molecule has 2 atom stereocenters. The number of aromatic nitrogens is 2. The van der Waals surface area contributed by atoms with Crippen LogP contribution >= 0.6 is 0 Å². The highest BCUT2D eigenvalue weighted by molar-refractivity contribution is 5.08. The lowest BCUT2D eigenvalue weighted by molar-refractivity contribution is 0.118. The summed E-state index contributed by atoms with van der Waals surface area (Å²) in [7, 11) is 1.97. The average molecular weight is 180 g/mol. The first kappa shape index (κ1) is 8.75. The van der Waals surface area contributed by atoms with Crippen LogP contribution in [0.2, 0.25) is 0 Å². The fraction of sp³-hybridized carbons (Fsp3) is 0.700. The number of aliphatic hydroxyl groups excluding tert-OH is 1.